The Labute approximate surface area is 120 Å². The van der Waals surface area contributed by atoms with Crippen LogP contribution in [0.4, 0.5) is 5.69 Å². The van der Waals surface area contributed by atoms with Crippen molar-refractivity contribution in [2.24, 2.45) is 0 Å². The molecule has 0 saturated carbocycles. The zero-order valence-electron chi connectivity index (χ0n) is 10.4. The van der Waals surface area contributed by atoms with Gasteiger partial charge in [0, 0.05) is 17.8 Å². The van der Waals surface area contributed by atoms with Crippen molar-refractivity contribution >= 4 is 34.1 Å². The minimum absolute atomic E-state index is 0.283. The van der Waals surface area contributed by atoms with Gasteiger partial charge in [0.1, 0.15) is 0 Å². The van der Waals surface area contributed by atoms with Crippen LogP contribution >= 0.6 is 11.6 Å². The quantitative estimate of drug-likeness (QED) is 0.783. The summed E-state index contributed by atoms with van der Waals surface area (Å²) < 4.78 is 0. The maximum absolute atomic E-state index is 12.1. The molecule has 0 atom stereocenters. The fourth-order valence-electron chi connectivity index (χ4n) is 1.90. The molecule has 0 unspecified atom stereocenters. The highest BCUT2D eigenvalue weighted by atomic mass is 35.5. The van der Waals surface area contributed by atoms with Crippen molar-refractivity contribution < 1.29 is 4.79 Å². The first-order valence-corrected chi connectivity index (χ1v) is 6.37. The maximum Gasteiger partial charge on any atom is 0.257 e. The molecular weight excluding hydrogens is 274 g/mol. The molecule has 2 heterocycles. The lowest BCUT2D eigenvalue weighted by Crippen LogP contribution is -2.12. The molecule has 98 valence electrons. The number of benzene rings is 1. The average Bonchev–Trinajstić information content (AvgIpc) is 2.47. The van der Waals surface area contributed by atoms with Crippen molar-refractivity contribution in [3.63, 3.8) is 0 Å². The van der Waals surface area contributed by atoms with E-state index in [1.54, 1.807) is 12.3 Å². The lowest BCUT2D eigenvalue weighted by molar-refractivity contribution is 0.102. The van der Waals surface area contributed by atoms with Gasteiger partial charge in [-0.2, -0.15) is 0 Å². The van der Waals surface area contributed by atoms with Crippen molar-refractivity contribution in [3.8, 4) is 0 Å². The van der Waals surface area contributed by atoms with E-state index in [1.165, 1.54) is 12.4 Å². The first kappa shape index (κ1) is 12.6. The highest BCUT2D eigenvalue weighted by molar-refractivity contribution is 6.34. The van der Waals surface area contributed by atoms with Crippen molar-refractivity contribution in [2.45, 2.75) is 0 Å². The minimum Gasteiger partial charge on any atom is -0.321 e. The molecule has 3 rings (SSSR count). The first-order valence-electron chi connectivity index (χ1n) is 6.00. The van der Waals surface area contributed by atoms with Crippen LogP contribution in [-0.2, 0) is 0 Å². The highest BCUT2D eigenvalue weighted by Gasteiger charge is 2.10. The number of aromatic nitrogens is 2. The van der Waals surface area contributed by atoms with E-state index in [2.05, 4.69) is 15.3 Å². The molecule has 0 aliphatic heterocycles. The number of pyridine rings is 2. The summed E-state index contributed by atoms with van der Waals surface area (Å²) in [5.74, 6) is -0.283. The van der Waals surface area contributed by atoms with Gasteiger partial charge in [-0.1, -0.05) is 29.8 Å². The molecule has 3 aromatic rings. The molecule has 20 heavy (non-hydrogen) atoms. The van der Waals surface area contributed by atoms with E-state index in [9.17, 15) is 4.79 Å². The van der Waals surface area contributed by atoms with Gasteiger partial charge in [0.05, 0.1) is 28.0 Å². The monoisotopic (exact) mass is 283 g/mol. The number of carbonyl (C=O) groups is 1. The first-order chi connectivity index (χ1) is 9.74. The van der Waals surface area contributed by atoms with Gasteiger partial charge in [0.2, 0.25) is 0 Å². The average molecular weight is 284 g/mol. The number of amides is 1. The normalized spacial score (nSPS) is 10.4. The Morgan fingerprint density at radius 1 is 1.15 bits per heavy atom. The summed E-state index contributed by atoms with van der Waals surface area (Å²) in [5.41, 5.74) is 1.89. The molecule has 0 bridgehead atoms. The van der Waals surface area contributed by atoms with Crippen molar-refractivity contribution in [1.29, 1.82) is 0 Å². The Balaban J connectivity index is 1.89. The van der Waals surface area contributed by atoms with Crippen LogP contribution in [0.5, 0.6) is 0 Å². The number of anilines is 1. The number of hydrogen-bond acceptors (Lipinski definition) is 3. The second-order valence-corrected chi connectivity index (χ2v) is 4.63. The molecule has 0 saturated heterocycles. The number of rotatable bonds is 2. The summed E-state index contributed by atoms with van der Waals surface area (Å²) in [6.07, 6.45) is 4.59. The van der Waals surface area contributed by atoms with Gasteiger partial charge in [-0.25, -0.2) is 0 Å². The van der Waals surface area contributed by atoms with Gasteiger partial charge < -0.3 is 5.32 Å². The summed E-state index contributed by atoms with van der Waals surface area (Å²) >= 11 is 5.94. The van der Waals surface area contributed by atoms with Gasteiger partial charge in [-0.15, -0.1) is 0 Å². The van der Waals surface area contributed by atoms with E-state index in [1.807, 2.05) is 30.3 Å². The molecule has 0 aliphatic carbocycles. The molecule has 1 aromatic carbocycles. The van der Waals surface area contributed by atoms with Gasteiger partial charge in [0.15, 0.2) is 0 Å². The third-order valence-corrected chi connectivity index (χ3v) is 3.17. The van der Waals surface area contributed by atoms with Crippen LogP contribution in [0.2, 0.25) is 5.02 Å². The van der Waals surface area contributed by atoms with E-state index in [0.717, 1.165) is 10.9 Å². The second kappa shape index (κ2) is 5.27. The Hall–Kier alpha value is -2.46. The fraction of sp³-hybridized carbons (Fsp3) is 0. The number of hydrogen-bond donors (Lipinski definition) is 1. The standard InChI is InChI=1S/C15H10ClN3O/c16-13-9-17-6-5-12(13)15(20)19-11-7-10-3-1-2-4-14(10)18-8-11/h1-9H,(H,19,20). The van der Waals surface area contributed by atoms with Gasteiger partial charge in [-0.3, -0.25) is 14.8 Å². The third-order valence-electron chi connectivity index (χ3n) is 2.87. The van der Waals surface area contributed by atoms with E-state index in [0.29, 0.717) is 16.3 Å². The van der Waals surface area contributed by atoms with E-state index >= 15 is 0 Å². The smallest absolute Gasteiger partial charge is 0.257 e. The predicted molar refractivity (Wildman–Crippen MR) is 78.9 cm³/mol. The minimum atomic E-state index is -0.283. The molecule has 0 aliphatic rings. The maximum atomic E-state index is 12.1. The van der Waals surface area contributed by atoms with Crippen LogP contribution in [0.3, 0.4) is 0 Å². The van der Waals surface area contributed by atoms with Crippen LogP contribution in [0, 0.1) is 0 Å². The zero-order chi connectivity index (χ0) is 13.9. The van der Waals surface area contributed by atoms with Crippen LogP contribution in [0.25, 0.3) is 10.9 Å². The molecular formula is C15H10ClN3O. The molecule has 1 amide bonds. The predicted octanol–water partition coefficient (Wildman–Crippen LogP) is 3.54. The molecule has 4 nitrogen and oxygen atoms in total. The number of carbonyl (C=O) groups excluding carboxylic acids is 1. The van der Waals surface area contributed by atoms with Crippen molar-refractivity contribution in [3.05, 3.63) is 65.6 Å². The molecule has 0 spiro atoms. The summed E-state index contributed by atoms with van der Waals surface area (Å²) in [6.45, 7) is 0. The van der Waals surface area contributed by atoms with Crippen LogP contribution in [-0.4, -0.2) is 15.9 Å². The topological polar surface area (TPSA) is 54.9 Å². The molecule has 1 N–H and O–H groups in total. The SMILES string of the molecule is O=C(Nc1cnc2ccccc2c1)c1ccncc1Cl. The number of nitrogens with one attached hydrogen (secondary N) is 1. The van der Waals surface area contributed by atoms with Crippen molar-refractivity contribution in [2.75, 3.05) is 5.32 Å². The van der Waals surface area contributed by atoms with Gasteiger partial charge >= 0.3 is 0 Å². The summed E-state index contributed by atoms with van der Waals surface area (Å²) in [6, 6.07) is 11.2. The van der Waals surface area contributed by atoms with Gasteiger partial charge in [-0.05, 0) is 18.2 Å². The van der Waals surface area contributed by atoms with Crippen LogP contribution in [0.15, 0.2) is 55.0 Å². The lowest BCUT2D eigenvalue weighted by atomic mass is 10.2. The lowest BCUT2D eigenvalue weighted by Gasteiger charge is -2.07. The fourth-order valence-corrected chi connectivity index (χ4v) is 2.10. The van der Waals surface area contributed by atoms with E-state index < -0.39 is 0 Å². The number of halogens is 1. The van der Waals surface area contributed by atoms with Crippen LogP contribution < -0.4 is 5.32 Å². The zero-order valence-corrected chi connectivity index (χ0v) is 11.1. The number of fused-ring (bicyclic) bond motifs is 1. The highest BCUT2D eigenvalue weighted by Crippen LogP contribution is 2.19. The third kappa shape index (κ3) is 2.46. The van der Waals surface area contributed by atoms with E-state index in [-0.39, 0.29) is 5.91 Å². The Morgan fingerprint density at radius 2 is 2.00 bits per heavy atom. The summed E-state index contributed by atoms with van der Waals surface area (Å²) in [4.78, 5) is 20.3. The summed E-state index contributed by atoms with van der Waals surface area (Å²) in [5, 5.41) is 4.06. The van der Waals surface area contributed by atoms with Crippen molar-refractivity contribution in [1.82, 2.24) is 9.97 Å². The Kier molecular flexibility index (Phi) is 3.31. The van der Waals surface area contributed by atoms with Gasteiger partial charge in [0.25, 0.3) is 5.91 Å². The number of nitrogens with zero attached hydrogens (tertiary/aromatic N) is 2. The summed E-state index contributed by atoms with van der Waals surface area (Å²) in [7, 11) is 0. The largest absolute Gasteiger partial charge is 0.321 e. The number of para-hydroxylation sites is 1. The van der Waals surface area contributed by atoms with Crippen LogP contribution in [0.1, 0.15) is 10.4 Å². The molecule has 0 radical (unpaired) electrons. The van der Waals surface area contributed by atoms with E-state index in [4.69, 9.17) is 11.6 Å². The molecule has 5 heteroatoms. The Morgan fingerprint density at radius 3 is 2.85 bits per heavy atom. The molecule has 2 aromatic heterocycles. The second-order valence-electron chi connectivity index (χ2n) is 4.23. The Bertz CT molecular complexity index is 789. The molecule has 0 fully saturated rings.